The highest BCUT2D eigenvalue weighted by molar-refractivity contribution is 7.89. The number of primary sulfonamides is 1. The van der Waals surface area contributed by atoms with E-state index in [2.05, 4.69) is 0 Å². The minimum absolute atomic E-state index is 0.129. The van der Waals surface area contributed by atoms with Crippen molar-refractivity contribution in [3.63, 3.8) is 0 Å². The van der Waals surface area contributed by atoms with Crippen molar-refractivity contribution < 1.29 is 13.5 Å². The molecule has 0 aliphatic rings. The number of sulfonamides is 1. The third-order valence-corrected chi connectivity index (χ3v) is 3.11. The first-order valence-electron chi connectivity index (χ1n) is 5.07. The van der Waals surface area contributed by atoms with Crippen LogP contribution in [0.1, 0.15) is 26.7 Å². The first kappa shape index (κ1) is 15.4. The molecule has 0 radical (unpaired) electrons. The van der Waals surface area contributed by atoms with Gasteiger partial charge in [0, 0.05) is 14.1 Å². The summed E-state index contributed by atoms with van der Waals surface area (Å²) >= 11 is 0. The maximum Gasteiger partial charge on any atom is 0.235 e. The molecular weight excluding hydrogens is 228 g/mol. The van der Waals surface area contributed by atoms with Gasteiger partial charge in [-0.15, -0.1) is 0 Å². The third kappa shape index (κ3) is 6.81. The molecule has 3 N–H and O–H groups in total. The zero-order chi connectivity index (χ0) is 13.0. The fraction of sp³-hybridized carbons (Fsp3) is 0.800. The van der Waals surface area contributed by atoms with Gasteiger partial charge in [0.2, 0.25) is 10.0 Å². The Hall–Kier alpha value is -0.590. The number of hydrogen-bond donors (Lipinski definition) is 2. The van der Waals surface area contributed by atoms with Crippen LogP contribution in [0.4, 0.5) is 0 Å². The van der Waals surface area contributed by atoms with Gasteiger partial charge < -0.3 is 10.0 Å². The Morgan fingerprint density at radius 2 is 1.94 bits per heavy atom. The first-order valence-corrected chi connectivity index (χ1v) is 6.68. The van der Waals surface area contributed by atoms with Crippen LogP contribution in [0.15, 0.2) is 12.3 Å². The lowest BCUT2D eigenvalue weighted by Gasteiger charge is -2.25. The molecule has 0 aromatic heterocycles. The van der Waals surface area contributed by atoms with Crippen molar-refractivity contribution in [1.82, 2.24) is 4.90 Å². The van der Waals surface area contributed by atoms with Crippen molar-refractivity contribution in [3.05, 3.63) is 12.3 Å². The first-order chi connectivity index (χ1) is 7.04. The number of allylic oxidation sites excluding steroid dienone is 1. The molecule has 5 nitrogen and oxygen atoms in total. The van der Waals surface area contributed by atoms with E-state index >= 15 is 0 Å². The average molecular weight is 250 g/mol. The fourth-order valence-electron chi connectivity index (χ4n) is 1.25. The van der Waals surface area contributed by atoms with E-state index in [1.165, 1.54) is 0 Å². The lowest BCUT2D eigenvalue weighted by atomic mass is 9.86. The SMILES string of the molecule is CN(C)C=CCC(C)(C)CC(O)S(N)(=O)=O. The molecule has 0 aromatic carbocycles. The molecule has 0 saturated heterocycles. The molecule has 1 atom stereocenters. The van der Waals surface area contributed by atoms with E-state index in [0.717, 1.165) is 0 Å². The van der Waals surface area contributed by atoms with Crippen LogP contribution in [-0.4, -0.2) is 38.0 Å². The molecule has 0 aliphatic heterocycles. The molecule has 0 aromatic rings. The minimum atomic E-state index is -3.86. The van der Waals surface area contributed by atoms with Crippen LogP contribution in [0.25, 0.3) is 0 Å². The Bertz CT molecular complexity index is 334. The maximum atomic E-state index is 10.9. The fourth-order valence-corrected chi connectivity index (χ4v) is 1.94. The summed E-state index contributed by atoms with van der Waals surface area (Å²) in [6.45, 7) is 3.78. The predicted octanol–water partition coefficient (Wildman–Crippen LogP) is 0.475. The van der Waals surface area contributed by atoms with Crippen LogP contribution in [0, 0.1) is 5.41 Å². The van der Waals surface area contributed by atoms with Crippen molar-refractivity contribution in [2.45, 2.75) is 32.1 Å². The Morgan fingerprint density at radius 3 is 2.31 bits per heavy atom. The summed E-state index contributed by atoms with van der Waals surface area (Å²) in [5.74, 6) is 0. The monoisotopic (exact) mass is 250 g/mol. The summed E-state index contributed by atoms with van der Waals surface area (Å²) in [7, 11) is -0.0454. The minimum Gasteiger partial charge on any atom is -0.384 e. The van der Waals surface area contributed by atoms with Crippen LogP contribution in [0.3, 0.4) is 0 Å². The summed E-state index contributed by atoms with van der Waals surface area (Å²) in [6, 6.07) is 0. The Morgan fingerprint density at radius 1 is 1.44 bits per heavy atom. The molecule has 96 valence electrons. The number of aliphatic hydroxyl groups excluding tert-OH is 1. The second-order valence-corrected chi connectivity index (χ2v) is 6.69. The standard InChI is InChI=1S/C10H22N2O3S/c1-10(2,6-5-7-12(3)4)8-9(13)16(11,14)15/h5,7,9,13H,6,8H2,1-4H3,(H2,11,14,15). The quantitative estimate of drug-likeness (QED) is 0.718. The highest BCUT2D eigenvalue weighted by atomic mass is 32.2. The third-order valence-electron chi connectivity index (χ3n) is 2.18. The Labute approximate surface area is 98.0 Å². The Kier molecular flexibility index (Phi) is 5.44. The van der Waals surface area contributed by atoms with Gasteiger partial charge in [0.05, 0.1) is 0 Å². The molecule has 0 bridgehead atoms. The zero-order valence-electron chi connectivity index (χ0n) is 10.3. The molecule has 0 saturated carbocycles. The normalized spacial score (nSPS) is 15.4. The predicted molar refractivity (Wildman–Crippen MR) is 65.0 cm³/mol. The average Bonchev–Trinajstić information content (AvgIpc) is 1.99. The van der Waals surface area contributed by atoms with Crippen molar-refractivity contribution in [2.75, 3.05) is 14.1 Å². The summed E-state index contributed by atoms with van der Waals surface area (Å²) in [5.41, 5.74) is -1.80. The van der Waals surface area contributed by atoms with Gasteiger partial charge in [-0.25, -0.2) is 13.6 Å². The summed E-state index contributed by atoms with van der Waals surface area (Å²) in [6.07, 6.45) is 4.64. The molecule has 16 heavy (non-hydrogen) atoms. The molecular formula is C10H22N2O3S. The van der Waals surface area contributed by atoms with E-state index in [9.17, 15) is 13.5 Å². The molecule has 0 spiro atoms. The second kappa shape index (κ2) is 5.65. The van der Waals surface area contributed by atoms with Crippen molar-refractivity contribution in [1.29, 1.82) is 0 Å². The largest absolute Gasteiger partial charge is 0.384 e. The lowest BCUT2D eigenvalue weighted by molar-refractivity contribution is 0.175. The van der Waals surface area contributed by atoms with Gasteiger partial charge in [0.15, 0.2) is 5.44 Å². The number of nitrogens with two attached hydrogens (primary N) is 1. The van der Waals surface area contributed by atoms with Crippen LogP contribution >= 0.6 is 0 Å². The van der Waals surface area contributed by atoms with Crippen molar-refractivity contribution >= 4 is 10.0 Å². The van der Waals surface area contributed by atoms with Gasteiger partial charge in [-0.3, -0.25) is 0 Å². The molecule has 0 fully saturated rings. The highest BCUT2D eigenvalue weighted by Crippen LogP contribution is 2.28. The lowest BCUT2D eigenvalue weighted by Crippen LogP contribution is -2.32. The van der Waals surface area contributed by atoms with Crippen LogP contribution < -0.4 is 5.14 Å². The van der Waals surface area contributed by atoms with Crippen molar-refractivity contribution in [3.8, 4) is 0 Å². The number of hydrogen-bond acceptors (Lipinski definition) is 4. The topological polar surface area (TPSA) is 83.6 Å². The maximum absolute atomic E-state index is 10.9. The van der Waals surface area contributed by atoms with Gasteiger partial charge >= 0.3 is 0 Å². The van der Waals surface area contributed by atoms with Crippen molar-refractivity contribution in [2.24, 2.45) is 10.6 Å². The summed E-state index contributed by atoms with van der Waals surface area (Å²) in [5, 5.41) is 14.2. The summed E-state index contributed by atoms with van der Waals surface area (Å²) < 4.78 is 21.8. The van der Waals surface area contributed by atoms with Gasteiger partial charge in [0.25, 0.3) is 0 Å². The van der Waals surface area contributed by atoms with Crippen LogP contribution in [0.2, 0.25) is 0 Å². The molecule has 0 heterocycles. The molecule has 1 unspecified atom stereocenters. The van der Waals surface area contributed by atoms with E-state index in [-0.39, 0.29) is 11.8 Å². The van der Waals surface area contributed by atoms with Gasteiger partial charge in [0.1, 0.15) is 0 Å². The second-order valence-electron chi connectivity index (χ2n) is 4.96. The van der Waals surface area contributed by atoms with Gasteiger partial charge in [-0.2, -0.15) is 0 Å². The molecule has 0 aliphatic carbocycles. The van der Waals surface area contributed by atoms with Crippen LogP contribution in [0.5, 0.6) is 0 Å². The van der Waals surface area contributed by atoms with Crippen LogP contribution in [-0.2, 0) is 10.0 Å². The van der Waals surface area contributed by atoms with E-state index in [0.29, 0.717) is 6.42 Å². The van der Waals surface area contributed by atoms with Gasteiger partial charge in [-0.05, 0) is 24.5 Å². The van der Waals surface area contributed by atoms with E-state index in [1.54, 1.807) is 0 Å². The number of aliphatic hydroxyl groups is 1. The highest BCUT2D eigenvalue weighted by Gasteiger charge is 2.27. The van der Waals surface area contributed by atoms with E-state index < -0.39 is 15.5 Å². The number of nitrogens with zero attached hydrogens (tertiary/aromatic N) is 1. The smallest absolute Gasteiger partial charge is 0.235 e. The number of rotatable bonds is 6. The molecule has 0 amide bonds. The Balaban J connectivity index is 4.36. The van der Waals surface area contributed by atoms with Gasteiger partial charge in [-0.1, -0.05) is 19.9 Å². The molecule has 6 heteroatoms. The zero-order valence-corrected chi connectivity index (χ0v) is 11.2. The van der Waals surface area contributed by atoms with E-state index in [4.69, 9.17) is 5.14 Å². The molecule has 0 rings (SSSR count). The van der Waals surface area contributed by atoms with E-state index in [1.807, 2.05) is 45.1 Å². The summed E-state index contributed by atoms with van der Waals surface area (Å²) in [4.78, 5) is 1.90.